The normalized spacial score (nSPS) is 22.6. The van der Waals surface area contributed by atoms with Gasteiger partial charge in [0.2, 0.25) is 0 Å². The maximum absolute atomic E-state index is 12.4. The molecule has 0 spiro atoms. The number of carbonyl (C=O) groups is 2. The molecule has 0 saturated heterocycles. The molecule has 120 valence electrons. The van der Waals surface area contributed by atoms with Gasteiger partial charge in [0.05, 0.1) is 11.7 Å². The van der Waals surface area contributed by atoms with Crippen LogP contribution in [0, 0.1) is 12.8 Å². The van der Waals surface area contributed by atoms with Crippen molar-refractivity contribution in [2.75, 3.05) is 0 Å². The molecule has 0 bridgehead atoms. The molecule has 0 N–H and O–H groups in total. The Morgan fingerprint density at radius 1 is 1.23 bits per heavy atom. The molecule has 3 nitrogen and oxygen atoms in total. The number of benzene rings is 1. The molecule has 0 aromatic heterocycles. The molecule has 2 atom stereocenters. The highest BCUT2D eigenvalue weighted by molar-refractivity contribution is 5.99. The van der Waals surface area contributed by atoms with Crippen molar-refractivity contribution < 1.29 is 14.3 Å². The molecule has 0 aliphatic heterocycles. The van der Waals surface area contributed by atoms with Gasteiger partial charge in [-0.1, -0.05) is 29.8 Å². The molecule has 0 amide bonds. The minimum absolute atomic E-state index is 0.0507. The zero-order valence-electron chi connectivity index (χ0n) is 14.0. The second-order valence-electron chi connectivity index (χ2n) is 7.28. The Kier molecular flexibility index (Phi) is 5.17. The molecular formula is C19H26O3. The van der Waals surface area contributed by atoms with Crippen molar-refractivity contribution in [3.63, 3.8) is 0 Å². The number of carbonyl (C=O) groups excluding carboxylic acids is 2. The first-order chi connectivity index (χ1) is 10.2. The predicted octanol–water partition coefficient (Wildman–Crippen LogP) is 4.12. The van der Waals surface area contributed by atoms with Gasteiger partial charge in [-0.2, -0.15) is 0 Å². The molecular weight excluding hydrogens is 276 g/mol. The van der Waals surface area contributed by atoms with Crippen LogP contribution in [0.2, 0.25) is 0 Å². The van der Waals surface area contributed by atoms with Crippen LogP contribution in [0.25, 0.3) is 0 Å². The quantitative estimate of drug-likeness (QED) is 0.786. The highest BCUT2D eigenvalue weighted by Gasteiger charge is 2.32. The predicted molar refractivity (Wildman–Crippen MR) is 87.1 cm³/mol. The van der Waals surface area contributed by atoms with Crippen LogP contribution in [0.15, 0.2) is 24.3 Å². The zero-order chi connectivity index (χ0) is 16.3. The van der Waals surface area contributed by atoms with Gasteiger partial charge in [0.25, 0.3) is 0 Å². The zero-order valence-corrected chi connectivity index (χ0v) is 14.0. The highest BCUT2D eigenvalue weighted by Crippen LogP contribution is 2.29. The standard InChI is InChI=1S/C19H26O3/c1-13-5-7-14(8-6-13)18(21)12-15-11-16(9-10-17(15)20)22-19(2,3)4/h5-8,15-16H,9-12H2,1-4H3. The van der Waals surface area contributed by atoms with Gasteiger partial charge in [-0.25, -0.2) is 0 Å². The molecule has 1 aromatic carbocycles. The Labute approximate surface area is 133 Å². The first-order valence-corrected chi connectivity index (χ1v) is 8.05. The average Bonchev–Trinajstić information content (AvgIpc) is 2.41. The lowest BCUT2D eigenvalue weighted by molar-refractivity contribution is -0.133. The van der Waals surface area contributed by atoms with E-state index in [-0.39, 0.29) is 29.2 Å². The second kappa shape index (κ2) is 6.74. The van der Waals surface area contributed by atoms with Gasteiger partial charge in [-0.3, -0.25) is 9.59 Å². The van der Waals surface area contributed by atoms with Crippen LogP contribution in [0.5, 0.6) is 0 Å². The number of hydrogen-bond donors (Lipinski definition) is 0. The van der Waals surface area contributed by atoms with Crippen molar-refractivity contribution >= 4 is 11.6 Å². The maximum atomic E-state index is 12.4. The van der Waals surface area contributed by atoms with E-state index in [1.807, 2.05) is 52.0 Å². The van der Waals surface area contributed by atoms with E-state index >= 15 is 0 Å². The van der Waals surface area contributed by atoms with Gasteiger partial charge in [0.15, 0.2) is 5.78 Å². The van der Waals surface area contributed by atoms with Crippen molar-refractivity contribution in [2.45, 2.75) is 65.1 Å². The van der Waals surface area contributed by atoms with Crippen LogP contribution >= 0.6 is 0 Å². The van der Waals surface area contributed by atoms with Gasteiger partial charge in [0, 0.05) is 24.3 Å². The van der Waals surface area contributed by atoms with Gasteiger partial charge in [-0.05, 0) is 40.5 Å². The molecule has 0 radical (unpaired) electrons. The summed E-state index contributed by atoms with van der Waals surface area (Å²) >= 11 is 0. The van der Waals surface area contributed by atoms with Crippen molar-refractivity contribution in [1.29, 1.82) is 0 Å². The Hall–Kier alpha value is -1.48. The Morgan fingerprint density at radius 3 is 2.45 bits per heavy atom. The van der Waals surface area contributed by atoms with E-state index in [1.54, 1.807) is 0 Å². The van der Waals surface area contributed by atoms with Crippen LogP contribution < -0.4 is 0 Å². The van der Waals surface area contributed by atoms with Gasteiger partial charge in [-0.15, -0.1) is 0 Å². The van der Waals surface area contributed by atoms with E-state index in [0.717, 1.165) is 12.0 Å². The summed E-state index contributed by atoms with van der Waals surface area (Å²) < 4.78 is 6.00. The van der Waals surface area contributed by atoms with Gasteiger partial charge in [0.1, 0.15) is 5.78 Å². The van der Waals surface area contributed by atoms with E-state index in [9.17, 15) is 9.59 Å². The summed E-state index contributed by atoms with van der Waals surface area (Å²) in [5, 5.41) is 0. The van der Waals surface area contributed by atoms with Crippen molar-refractivity contribution in [1.82, 2.24) is 0 Å². The number of ether oxygens (including phenoxy) is 1. The molecule has 0 heterocycles. The van der Waals surface area contributed by atoms with E-state index in [2.05, 4.69) is 0 Å². The number of Topliss-reactive ketones (excluding diaryl/α,β-unsaturated/α-hetero) is 2. The molecule has 2 unspecified atom stereocenters. The van der Waals surface area contributed by atoms with Crippen LogP contribution in [-0.4, -0.2) is 23.3 Å². The molecule has 1 aromatic rings. The van der Waals surface area contributed by atoms with Crippen molar-refractivity contribution in [2.24, 2.45) is 5.92 Å². The summed E-state index contributed by atoms with van der Waals surface area (Å²) in [6.45, 7) is 8.06. The summed E-state index contributed by atoms with van der Waals surface area (Å²) in [6, 6.07) is 7.55. The summed E-state index contributed by atoms with van der Waals surface area (Å²) in [5.41, 5.74) is 1.61. The summed E-state index contributed by atoms with van der Waals surface area (Å²) in [4.78, 5) is 24.5. The fourth-order valence-electron chi connectivity index (χ4n) is 2.96. The first kappa shape index (κ1) is 16.9. The Balaban J connectivity index is 1.99. The minimum Gasteiger partial charge on any atom is -0.373 e. The number of ketones is 2. The lowest BCUT2D eigenvalue weighted by atomic mass is 9.82. The molecule has 1 aliphatic rings. The topological polar surface area (TPSA) is 43.4 Å². The minimum atomic E-state index is -0.212. The van der Waals surface area contributed by atoms with Crippen molar-refractivity contribution in [3.05, 3.63) is 35.4 Å². The highest BCUT2D eigenvalue weighted by atomic mass is 16.5. The Morgan fingerprint density at radius 2 is 1.86 bits per heavy atom. The van der Waals surface area contributed by atoms with Crippen LogP contribution in [0.3, 0.4) is 0 Å². The molecule has 22 heavy (non-hydrogen) atoms. The smallest absolute Gasteiger partial charge is 0.163 e. The van der Waals surface area contributed by atoms with Gasteiger partial charge < -0.3 is 4.74 Å². The van der Waals surface area contributed by atoms with E-state index in [0.29, 0.717) is 24.8 Å². The van der Waals surface area contributed by atoms with E-state index in [1.165, 1.54) is 0 Å². The molecule has 1 aliphatic carbocycles. The molecule has 1 fully saturated rings. The fourth-order valence-corrected chi connectivity index (χ4v) is 2.96. The molecule has 2 rings (SSSR count). The van der Waals surface area contributed by atoms with E-state index in [4.69, 9.17) is 4.74 Å². The maximum Gasteiger partial charge on any atom is 0.163 e. The lowest BCUT2D eigenvalue weighted by Gasteiger charge is -2.33. The van der Waals surface area contributed by atoms with Crippen molar-refractivity contribution in [3.8, 4) is 0 Å². The molecule has 1 saturated carbocycles. The Bertz CT molecular complexity index is 537. The number of aryl methyl sites for hydroxylation is 1. The largest absolute Gasteiger partial charge is 0.373 e. The van der Waals surface area contributed by atoms with Crippen LogP contribution in [0.1, 0.15) is 62.4 Å². The van der Waals surface area contributed by atoms with E-state index < -0.39 is 0 Å². The number of rotatable bonds is 4. The SMILES string of the molecule is Cc1ccc(C(=O)CC2CC(OC(C)(C)C)CCC2=O)cc1. The second-order valence-corrected chi connectivity index (χ2v) is 7.28. The third-order valence-corrected chi connectivity index (χ3v) is 4.04. The van der Waals surface area contributed by atoms with Crippen LogP contribution in [0.4, 0.5) is 0 Å². The first-order valence-electron chi connectivity index (χ1n) is 8.05. The number of hydrogen-bond acceptors (Lipinski definition) is 3. The monoisotopic (exact) mass is 302 g/mol. The van der Waals surface area contributed by atoms with Gasteiger partial charge >= 0.3 is 0 Å². The average molecular weight is 302 g/mol. The third-order valence-electron chi connectivity index (χ3n) is 4.04. The van der Waals surface area contributed by atoms with Crippen LogP contribution in [-0.2, 0) is 9.53 Å². The fraction of sp³-hybridized carbons (Fsp3) is 0.579. The summed E-state index contributed by atoms with van der Waals surface area (Å²) in [7, 11) is 0. The summed E-state index contributed by atoms with van der Waals surface area (Å²) in [5.74, 6) is 0.0545. The third kappa shape index (κ3) is 4.77. The summed E-state index contributed by atoms with van der Waals surface area (Å²) in [6.07, 6.45) is 2.32. The lowest BCUT2D eigenvalue weighted by Crippen LogP contribution is -2.35. The molecule has 3 heteroatoms.